The van der Waals surface area contributed by atoms with Crippen molar-refractivity contribution in [3.8, 4) is 0 Å². The van der Waals surface area contributed by atoms with Gasteiger partial charge in [-0.1, -0.05) is 44.1 Å². The van der Waals surface area contributed by atoms with Crippen LogP contribution in [0.5, 0.6) is 0 Å². The topological polar surface area (TPSA) is 69.9 Å². The van der Waals surface area contributed by atoms with E-state index >= 15 is 0 Å². The van der Waals surface area contributed by atoms with Gasteiger partial charge in [0.25, 0.3) is 0 Å². The lowest BCUT2D eigenvalue weighted by Crippen LogP contribution is -2.42. The van der Waals surface area contributed by atoms with E-state index in [0.29, 0.717) is 44.3 Å². The number of rotatable bonds is 6. The number of aliphatic hydroxyl groups is 3. The van der Waals surface area contributed by atoms with Crippen LogP contribution in [-0.4, -0.2) is 46.3 Å². The molecule has 3 N–H and O–H groups in total. The number of hydrogen-bond donors (Lipinski definition) is 3. The van der Waals surface area contributed by atoms with Gasteiger partial charge in [0.2, 0.25) is 0 Å². The lowest BCUT2D eigenvalue weighted by Gasteiger charge is -2.48. The molecule has 3 aliphatic rings. The molecule has 0 aliphatic heterocycles. The van der Waals surface area contributed by atoms with E-state index in [-0.39, 0.29) is 10.8 Å². The molecule has 0 radical (unpaired) electrons. The highest BCUT2D eigenvalue weighted by Crippen LogP contribution is 2.62. The molecule has 30 heavy (non-hydrogen) atoms. The van der Waals surface area contributed by atoms with Gasteiger partial charge in [0, 0.05) is 0 Å². The summed E-state index contributed by atoms with van der Waals surface area (Å²) in [7, 11) is 0. The van der Waals surface area contributed by atoms with Crippen LogP contribution in [0.1, 0.15) is 86.0 Å². The van der Waals surface area contributed by atoms with E-state index < -0.39 is 17.8 Å². The van der Waals surface area contributed by atoms with E-state index in [1.807, 2.05) is 0 Å². The van der Waals surface area contributed by atoms with E-state index in [1.54, 1.807) is 19.4 Å². The van der Waals surface area contributed by atoms with Crippen molar-refractivity contribution < 1.29 is 20.1 Å². The van der Waals surface area contributed by atoms with Crippen molar-refractivity contribution in [2.75, 3.05) is 13.2 Å². The maximum Gasteiger partial charge on any atom is 0.0824 e. The Morgan fingerprint density at radius 2 is 1.70 bits per heavy atom. The first kappa shape index (κ1) is 24.0. The highest BCUT2D eigenvalue weighted by atomic mass is 16.5. The number of ether oxygens (including phenoxy) is 1. The molecule has 0 aromatic heterocycles. The molecule has 0 heterocycles. The molecule has 172 valence electrons. The third-order valence-corrected chi connectivity index (χ3v) is 7.91. The molecule has 4 nitrogen and oxygen atoms in total. The lowest BCUT2D eigenvalue weighted by atomic mass is 9.58. The Morgan fingerprint density at radius 1 is 1.03 bits per heavy atom. The third-order valence-electron chi connectivity index (χ3n) is 7.91. The molecule has 4 heteroatoms. The summed E-state index contributed by atoms with van der Waals surface area (Å²) < 4.78 is 5.95. The summed E-state index contributed by atoms with van der Waals surface area (Å²) in [6.45, 7) is 11.8. The number of allylic oxidation sites excluding steroid dienone is 3. The van der Waals surface area contributed by atoms with Crippen molar-refractivity contribution >= 4 is 0 Å². The zero-order valence-electron chi connectivity index (χ0n) is 19.8. The first-order valence-electron chi connectivity index (χ1n) is 12.0. The lowest BCUT2D eigenvalue weighted by molar-refractivity contribution is -0.0693. The van der Waals surface area contributed by atoms with Gasteiger partial charge in [-0.25, -0.2) is 0 Å². The number of aliphatic hydroxyl groups excluding tert-OH is 2. The van der Waals surface area contributed by atoms with Gasteiger partial charge in [-0.3, -0.25) is 0 Å². The molecule has 3 fully saturated rings. The summed E-state index contributed by atoms with van der Waals surface area (Å²) in [5, 5.41) is 29.9. The van der Waals surface area contributed by atoms with Crippen LogP contribution < -0.4 is 0 Å². The van der Waals surface area contributed by atoms with E-state index in [9.17, 15) is 15.3 Å². The molecule has 3 rings (SSSR count). The molecule has 3 saturated carbocycles. The van der Waals surface area contributed by atoms with Crippen LogP contribution >= 0.6 is 0 Å². The van der Waals surface area contributed by atoms with Crippen molar-refractivity contribution in [3.05, 3.63) is 23.3 Å². The molecule has 0 unspecified atom stereocenters. The third kappa shape index (κ3) is 5.56. The van der Waals surface area contributed by atoms with Crippen molar-refractivity contribution in [1.82, 2.24) is 0 Å². The highest BCUT2D eigenvalue weighted by Gasteiger charge is 2.54. The first-order chi connectivity index (χ1) is 13.9. The van der Waals surface area contributed by atoms with Gasteiger partial charge >= 0.3 is 0 Å². The molecule has 5 atom stereocenters. The Hall–Kier alpha value is -0.680. The van der Waals surface area contributed by atoms with Crippen molar-refractivity contribution in [1.29, 1.82) is 0 Å². The van der Waals surface area contributed by atoms with Crippen LogP contribution in [0.15, 0.2) is 23.3 Å². The van der Waals surface area contributed by atoms with Gasteiger partial charge < -0.3 is 20.1 Å². The van der Waals surface area contributed by atoms with Gasteiger partial charge in [0.05, 0.1) is 31.0 Å². The maximum absolute atomic E-state index is 9.98. The standard InChI is InChI=1S/C26H44O4/c1-24(2,16-30-17-25(3,4)29)23-11-10-22-19(7-6-12-26(22,23)5)9-8-18-13-20(27)15-21(28)14-18/h8-9,20-23,27-29H,6-7,10-17H2,1-5H3/t20-,21-,22+,23-,26+/m1/s1. The predicted molar refractivity (Wildman–Crippen MR) is 121 cm³/mol. The molecular weight excluding hydrogens is 376 g/mol. The second kappa shape index (κ2) is 9.05. The van der Waals surface area contributed by atoms with Crippen LogP contribution in [0.25, 0.3) is 0 Å². The van der Waals surface area contributed by atoms with Gasteiger partial charge in [0.1, 0.15) is 0 Å². The van der Waals surface area contributed by atoms with Crippen molar-refractivity contribution in [2.45, 2.75) is 104 Å². The summed E-state index contributed by atoms with van der Waals surface area (Å²) >= 11 is 0. The Bertz CT molecular complexity index is 644. The second-order valence-electron chi connectivity index (χ2n) is 11.9. The molecule has 0 aromatic rings. The van der Waals surface area contributed by atoms with Crippen LogP contribution in [-0.2, 0) is 4.74 Å². The SMILES string of the molecule is CC(C)(O)COCC(C)(C)[C@H]1CC[C@H]2C(=CC=C3C[C@@H](O)C[C@H](O)C3)CCC[C@]12C. The highest BCUT2D eigenvalue weighted by molar-refractivity contribution is 5.26. The van der Waals surface area contributed by atoms with Crippen molar-refractivity contribution in [2.24, 2.45) is 22.7 Å². The average Bonchev–Trinajstić information content (AvgIpc) is 2.96. The van der Waals surface area contributed by atoms with Gasteiger partial charge in [-0.15, -0.1) is 0 Å². The molecule has 0 saturated heterocycles. The van der Waals surface area contributed by atoms with Gasteiger partial charge in [-0.05, 0) is 87.9 Å². The minimum atomic E-state index is -0.785. The fourth-order valence-electron chi connectivity index (χ4n) is 6.72. The summed E-state index contributed by atoms with van der Waals surface area (Å²) in [4.78, 5) is 0. The Balaban J connectivity index is 1.71. The van der Waals surface area contributed by atoms with E-state index in [1.165, 1.54) is 31.3 Å². The van der Waals surface area contributed by atoms with E-state index in [4.69, 9.17) is 4.74 Å². The van der Waals surface area contributed by atoms with Gasteiger partial charge in [0.15, 0.2) is 0 Å². The molecule has 0 amide bonds. The van der Waals surface area contributed by atoms with E-state index in [0.717, 1.165) is 6.42 Å². The van der Waals surface area contributed by atoms with Crippen LogP contribution in [0.3, 0.4) is 0 Å². The first-order valence-corrected chi connectivity index (χ1v) is 12.0. The monoisotopic (exact) mass is 420 g/mol. The minimum absolute atomic E-state index is 0.0766. The summed E-state index contributed by atoms with van der Waals surface area (Å²) in [5.74, 6) is 1.21. The second-order valence-corrected chi connectivity index (χ2v) is 11.9. The zero-order chi connectivity index (χ0) is 22.2. The molecule has 0 aromatic carbocycles. The maximum atomic E-state index is 9.98. The van der Waals surface area contributed by atoms with Crippen LogP contribution in [0.4, 0.5) is 0 Å². The quantitative estimate of drug-likeness (QED) is 0.579. The normalized spacial score (nSPS) is 36.8. The summed E-state index contributed by atoms with van der Waals surface area (Å²) in [6.07, 6.45) is 11.7. The smallest absolute Gasteiger partial charge is 0.0824 e. The fraction of sp³-hybridized carbons (Fsp3) is 0.846. The molecule has 0 spiro atoms. The largest absolute Gasteiger partial charge is 0.393 e. The zero-order valence-corrected chi connectivity index (χ0v) is 19.8. The molecule has 3 aliphatic carbocycles. The van der Waals surface area contributed by atoms with Crippen LogP contribution in [0, 0.1) is 22.7 Å². The average molecular weight is 421 g/mol. The Morgan fingerprint density at radius 3 is 2.33 bits per heavy atom. The Kier molecular flexibility index (Phi) is 7.23. The molecule has 0 bridgehead atoms. The van der Waals surface area contributed by atoms with Crippen LogP contribution in [0.2, 0.25) is 0 Å². The van der Waals surface area contributed by atoms with E-state index in [2.05, 4.69) is 32.9 Å². The molecular formula is C26H44O4. The predicted octanol–water partition coefficient (Wildman–Crippen LogP) is 4.78. The van der Waals surface area contributed by atoms with Crippen molar-refractivity contribution in [3.63, 3.8) is 0 Å². The van der Waals surface area contributed by atoms with Gasteiger partial charge in [-0.2, -0.15) is 0 Å². The number of fused-ring (bicyclic) bond motifs is 1. The summed E-state index contributed by atoms with van der Waals surface area (Å²) in [5.41, 5.74) is 2.31. The Labute approximate surface area is 183 Å². The summed E-state index contributed by atoms with van der Waals surface area (Å²) in [6, 6.07) is 0. The fourth-order valence-corrected chi connectivity index (χ4v) is 6.72. The minimum Gasteiger partial charge on any atom is -0.393 e. The number of hydrogen-bond acceptors (Lipinski definition) is 4.